The highest BCUT2D eigenvalue weighted by Gasteiger charge is 2.20. The average Bonchev–Trinajstić information content (AvgIpc) is 3.12. The van der Waals surface area contributed by atoms with E-state index in [4.69, 9.17) is 4.74 Å². The van der Waals surface area contributed by atoms with Crippen LogP contribution in [0.4, 0.5) is 4.39 Å². The van der Waals surface area contributed by atoms with E-state index >= 15 is 0 Å². The van der Waals surface area contributed by atoms with E-state index in [1.807, 2.05) is 6.07 Å². The number of nitrogens with one attached hydrogen (secondary N) is 1. The molecule has 17 heavy (non-hydrogen) atoms. The van der Waals surface area contributed by atoms with Crippen molar-refractivity contribution in [2.45, 2.75) is 19.4 Å². The summed E-state index contributed by atoms with van der Waals surface area (Å²) in [4.78, 5) is 0. The molecule has 1 aromatic rings. The number of ether oxygens (including phenoxy) is 1. The summed E-state index contributed by atoms with van der Waals surface area (Å²) >= 11 is 3.24. The van der Waals surface area contributed by atoms with E-state index in [-0.39, 0.29) is 5.82 Å². The van der Waals surface area contributed by atoms with Crippen LogP contribution in [0, 0.1) is 11.7 Å². The van der Waals surface area contributed by atoms with E-state index in [0.29, 0.717) is 11.0 Å². The number of hydrogen-bond donors (Lipinski definition) is 1. The Morgan fingerprint density at radius 1 is 1.41 bits per heavy atom. The molecule has 1 N–H and O–H groups in total. The Morgan fingerprint density at radius 3 is 3.00 bits per heavy atom. The first-order valence-corrected chi connectivity index (χ1v) is 6.78. The molecular weight excluding hydrogens is 285 g/mol. The van der Waals surface area contributed by atoms with Gasteiger partial charge in [0, 0.05) is 19.7 Å². The zero-order valence-electron chi connectivity index (χ0n) is 9.72. The van der Waals surface area contributed by atoms with Crippen molar-refractivity contribution in [1.82, 2.24) is 5.32 Å². The Morgan fingerprint density at radius 2 is 2.24 bits per heavy atom. The van der Waals surface area contributed by atoms with Crippen LogP contribution in [0.5, 0.6) is 0 Å². The summed E-state index contributed by atoms with van der Waals surface area (Å²) in [7, 11) is 0. The molecule has 2 nitrogen and oxygen atoms in total. The van der Waals surface area contributed by atoms with Gasteiger partial charge in [0.2, 0.25) is 0 Å². The smallest absolute Gasteiger partial charge is 0.137 e. The molecule has 2 rings (SSSR count). The van der Waals surface area contributed by atoms with Gasteiger partial charge in [0.1, 0.15) is 5.82 Å². The highest BCUT2D eigenvalue weighted by atomic mass is 79.9. The molecule has 94 valence electrons. The molecule has 0 aliphatic heterocycles. The second kappa shape index (κ2) is 6.47. The molecule has 0 heterocycles. The largest absolute Gasteiger partial charge is 0.380 e. The highest BCUT2D eigenvalue weighted by molar-refractivity contribution is 9.10. The van der Waals surface area contributed by atoms with E-state index < -0.39 is 0 Å². The minimum atomic E-state index is -0.214. The number of hydrogen-bond acceptors (Lipinski definition) is 2. The highest BCUT2D eigenvalue weighted by Crippen LogP contribution is 2.28. The van der Waals surface area contributed by atoms with Crippen molar-refractivity contribution in [3.05, 3.63) is 34.1 Å². The molecule has 1 aromatic carbocycles. The lowest BCUT2D eigenvalue weighted by atomic mass is 10.2. The van der Waals surface area contributed by atoms with Crippen LogP contribution in [0.2, 0.25) is 0 Å². The molecule has 0 atom stereocenters. The molecule has 0 radical (unpaired) electrons. The Bertz CT molecular complexity index is 368. The van der Waals surface area contributed by atoms with E-state index in [1.165, 1.54) is 18.9 Å². The fraction of sp³-hybridized carbons (Fsp3) is 0.538. The summed E-state index contributed by atoms with van der Waals surface area (Å²) in [6.07, 6.45) is 2.65. The normalized spacial score (nSPS) is 15.2. The van der Waals surface area contributed by atoms with Gasteiger partial charge in [-0.05, 0) is 46.3 Å². The lowest BCUT2D eigenvalue weighted by Crippen LogP contribution is -2.20. The zero-order valence-corrected chi connectivity index (χ0v) is 11.3. The third kappa shape index (κ3) is 4.37. The summed E-state index contributed by atoms with van der Waals surface area (Å²) in [5.41, 5.74) is 0.937. The molecule has 1 aliphatic carbocycles. The molecule has 0 bridgehead atoms. The van der Waals surface area contributed by atoms with Gasteiger partial charge in [-0.1, -0.05) is 12.1 Å². The minimum Gasteiger partial charge on any atom is -0.380 e. The van der Waals surface area contributed by atoms with E-state index in [1.54, 1.807) is 6.07 Å². The molecule has 0 spiro atoms. The Balaban J connectivity index is 1.61. The van der Waals surface area contributed by atoms with Gasteiger partial charge < -0.3 is 10.1 Å². The lowest BCUT2D eigenvalue weighted by Gasteiger charge is -2.07. The van der Waals surface area contributed by atoms with E-state index in [0.717, 1.165) is 31.2 Å². The fourth-order valence-corrected chi connectivity index (χ4v) is 1.99. The predicted octanol–water partition coefficient (Wildman–Crippen LogP) is 3.10. The Kier molecular flexibility index (Phi) is 4.95. The topological polar surface area (TPSA) is 21.3 Å². The molecule has 0 unspecified atom stereocenters. The summed E-state index contributed by atoms with van der Waals surface area (Å²) in [5, 5.41) is 3.24. The Hall–Kier alpha value is -0.450. The third-order valence-electron chi connectivity index (χ3n) is 2.82. The van der Waals surface area contributed by atoms with Crippen molar-refractivity contribution in [3.8, 4) is 0 Å². The van der Waals surface area contributed by atoms with Gasteiger partial charge in [-0.15, -0.1) is 0 Å². The molecule has 1 fully saturated rings. The van der Waals surface area contributed by atoms with Crippen molar-refractivity contribution in [1.29, 1.82) is 0 Å². The van der Waals surface area contributed by atoms with Crippen LogP contribution in [0.1, 0.15) is 18.4 Å². The standard InChI is InChI=1S/C13H17BrFNO/c14-13-11(2-1-3-12(13)15)8-16-6-7-17-9-10-4-5-10/h1-3,10,16H,4-9H2. The molecule has 0 amide bonds. The Labute approximate surface area is 110 Å². The van der Waals surface area contributed by atoms with Gasteiger partial charge in [0.05, 0.1) is 11.1 Å². The van der Waals surface area contributed by atoms with Gasteiger partial charge in [0.25, 0.3) is 0 Å². The second-order valence-electron chi connectivity index (χ2n) is 4.41. The minimum absolute atomic E-state index is 0.214. The van der Waals surface area contributed by atoms with Crippen LogP contribution in [-0.2, 0) is 11.3 Å². The van der Waals surface area contributed by atoms with Crippen LogP contribution in [-0.4, -0.2) is 19.8 Å². The van der Waals surface area contributed by atoms with Gasteiger partial charge >= 0.3 is 0 Å². The van der Waals surface area contributed by atoms with Crippen LogP contribution in [0.15, 0.2) is 22.7 Å². The molecule has 0 saturated heterocycles. The molecule has 0 aromatic heterocycles. The van der Waals surface area contributed by atoms with Gasteiger partial charge in [-0.3, -0.25) is 0 Å². The summed E-state index contributed by atoms with van der Waals surface area (Å²) in [6.45, 7) is 3.08. The quantitative estimate of drug-likeness (QED) is 0.782. The van der Waals surface area contributed by atoms with Crippen molar-refractivity contribution >= 4 is 15.9 Å². The molecule has 1 aliphatic rings. The summed E-state index contributed by atoms with van der Waals surface area (Å²) in [6, 6.07) is 5.08. The number of halogens is 2. The van der Waals surface area contributed by atoms with Crippen LogP contribution >= 0.6 is 15.9 Å². The van der Waals surface area contributed by atoms with Gasteiger partial charge in [-0.2, -0.15) is 0 Å². The van der Waals surface area contributed by atoms with E-state index in [9.17, 15) is 4.39 Å². The maximum atomic E-state index is 13.2. The third-order valence-corrected chi connectivity index (χ3v) is 3.71. The molecular formula is C13H17BrFNO. The lowest BCUT2D eigenvalue weighted by molar-refractivity contribution is 0.126. The zero-order chi connectivity index (χ0) is 12.1. The molecule has 1 saturated carbocycles. The summed E-state index contributed by atoms with van der Waals surface area (Å²) < 4.78 is 19.3. The van der Waals surface area contributed by atoms with Crippen LogP contribution in [0.3, 0.4) is 0 Å². The first-order valence-electron chi connectivity index (χ1n) is 5.98. The van der Waals surface area contributed by atoms with Crippen LogP contribution in [0.25, 0.3) is 0 Å². The van der Waals surface area contributed by atoms with Crippen LogP contribution < -0.4 is 5.32 Å². The molecule has 4 heteroatoms. The van der Waals surface area contributed by atoms with Crippen molar-refractivity contribution < 1.29 is 9.13 Å². The predicted molar refractivity (Wildman–Crippen MR) is 69.3 cm³/mol. The van der Waals surface area contributed by atoms with Crippen molar-refractivity contribution in [2.24, 2.45) is 5.92 Å². The van der Waals surface area contributed by atoms with Gasteiger partial charge in [0.15, 0.2) is 0 Å². The number of benzene rings is 1. The van der Waals surface area contributed by atoms with E-state index in [2.05, 4.69) is 21.2 Å². The SMILES string of the molecule is Fc1cccc(CNCCOCC2CC2)c1Br. The maximum absolute atomic E-state index is 13.2. The fourth-order valence-electron chi connectivity index (χ4n) is 1.59. The monoisotopic (exact) mass is 301 g/mol. The maximum Gasteiger partial charge on any atom is 0.137 e. The van der Waals surface area contributed by atoms with Crippen molar-refractivity contribution in [2.75, 3.05) is 19.8 Å². The van der Waals surface area contributed by atoms with Gasteiger partial charge in [-0.25, -0.2) is 4.39 Å². The number of rotatable bonds is 7. The van der Waals surface area contributed by atoms with Crippen molar-refractivity contribution in [3.63, 3.8) is 0 Å². The average molecular weight is 302 g/mol. The first kappa shape index (κ1) is 13.0. The first-order chi connectivity index (χ1) is 8.27. The summed E-state index contributed by atoms with van der Waals surface area (Å²) in [5.74, 6) is 0.599. The second-order valence-corrected chi connectivity index (χ2v) is 5.20.